The predicted octanol–water partition coefficient (Wildman–Crippen LogP) is 2.40. The van der Waals surface area contributed by atoms with Crippen LogP contribution in [0.1, 0.15) is 55.4 Å². The molecule has 2 rings (SSSR count). The van der Waals surface area contributed by atoms with Gasteiger partial charge in [-0.2, -0.15) is 0 Å². The fourth-order valence-corrected chi connectivity index (χ4v) is 2.12. The van der Waals surface area contributed by atoms with E-state index in [-0.39, 0.29) is 24.3 Å². The Morgan fingerprint density at radius 3 is 2.64 bits per heavy atom. The monoisotopic (exact) mass is 305 g/mol. The third-order valence-electron chi connectivity index (χ3n) is 3.71. The summed E-state index contributed by atoms with van der Waals surface area (Å²) >= 11 is 0. The summed E-state index contributed by atoms with van der Waals surface area (Å²) in [6, 6.07) is 1.77. The van der Waals surface area contributed by atoms with E-state index in [1.807, 2.05) is 27.7 Å². The van der Waals surface area contributed by atoms with Crippen LogP contribution in [-0.2, 0) is 0 Å². The third-order valence-corrected chi connectivity index (χ3v) is 3.71. The highest BCUT2D eigenvalue weighted by atomic mass is 16.5. The minimum absolute atomic E-state index is 0.0845. The van der Waals surface area contributed by atoms with Gasteiger partial charge < -0.3 is 14.9 Å². The molecule has 0 spiro atoms. The Labute approximate surface area is 129 Å². The second-order valence-electron chi connectivity index (χ2n) is 6.22. The van der Waals surface area contributed by atoms with Gasteiger partial charge in [0.05, 0.1) is 22.7 Å². The van der Waals surface area contributed by atoms with Crippen LogP contribution in [0.25, 0.3) is 11.1 Å². The molecule has 1 amide bonds. The Morgan fingerprint density at radius 2 is 2.05 bits per heavy atom. The zero-order valence-electron chi connectivity index (χ0n) is 13.7. The van der Waals surface area contributed by atoms with Crippen molar-refractivity contribution >= 4 is 17.0 Å². The van der Waals surface area contributed by atoms with Crippen molar-refractivity contribution in [2.45, 2.75) is 46.6 Å². The number of carbonyl (C=O) groups is 1. The highest BCUT2D eigenvalue weighted by Crippen LogP contribution is 2.25. The van der Waals surface area contributed by atoms with Gasteiger partial charge in [-0.1, -0.05) is 32.9 Å². The Hall–Kier alpha value is -1.95. The molecule has 0 saturated heterocycles. The molecule has 0 aliphatic carbocycles. The first-order valence-corrected chi connectivity index (χ1v) is 7.54. The van der Waals surface area contributed by atoms with Crippen molar-refractivity contribution in [3.05, 3.63) is 23.0 Å². The summed E-state index contributed by atoms with van der Waals surface area (Å²) in [5, 5.41) is 17.1. The van der Waals surface area contributed by atoms with Crippen molar-refractivity contribution in [1.82, 2.24) is 15.5 Å². The summed E-state index contributed by atoms with van der Waals surface area (Å²) in [4.78, 5) is 16.9. The van der Waals surface area contributed by atoms with Gasteiger partial charge in [0.15, 0.2) is 0 Å². The highest BCUT2D eigenvalue weighted by Gasteiger charge is 2.20. The van der Waals surface area contributed by atoms with Gasteiger partial charge in [0.2, 0.25) is 0 Å². The topological polar surface area (TPSA) is 88.2 Å². The van der Waals surface area contributed by atoms with Crippen LogP contribution in [0.15, 0.2) is 10.6 Å². The number of hydrogen-bond donors (Lipinski definition) is 2. The Morgan fingerprint density at radius 1 is 1.36 bits per heavy atom. The first-order chi connectivity index (χ1) is 10.3. The average Bonchev–Trinajstić information content (AvgIpc) is 2.84. The molecule has 2 aromatic rings. The molecule has 22 heavy (non-hydrogen) atoms. The number of amides is 1. The normalized spacial score (nSPS) is 13.1. The van der Waals surface area contributed by atoms with E-state index < -0.39 is 6.10 Å². The van der Waals surface area contributed by atoms with Gasteiger partial charge in [-0.25, -0.2) is 4.98 Å². The van der Waals surface area contributed by atoms with Crippen LogP contribution in [0, 0.1) is 12.8 Å². The van der Waals surface area contributed by atoms with Crippen molar-refractivity contribution < 1.29 is 14.4 Å². The SMILES string of the molecule is Cc1noc2nc(C(C)C)cc(C(=O)NCC(O)C(C)C)c12. The third kappa shape index (κ3) is 3.27. The van der Waals surface area contributed by atoms with Crippen LogP contribution in [-0.4, -0.2) is 33.8 Å². The fourth-order valence-electron chi connectivity index (χ4n) is 2.12. The molecule has 2 aromatic heterocycles. The minimum Gasteiger partial charge on any atom is -0.391 e. The van der Waals surface area contributed by atoms with Gasteiger partial charge in [0.1, 0.15) is 0 Å². The summed E-state index contributed by atoms with van der Waals surface area (Å²) in [7, 11) is 0. The maximum Gasteiger partial charge on any atom is 0.259 e. The Kier molecular flexibility index (Phi) is 4.81. The molecule has 1 atom stereocenters. The molecule has 2 heterocycles. The number of fused-ring (bicyclic) bond motifs is 1. The summed E-state index contributed by atoms with van der Waals surface area (Å²) in [5.74, 6) is 0.00391. The molecular formula is C16H23N3O3. The van der Waals surface area contributed by atoms with Crippen LogP contribution in [0.3, 0.4) is 0 Å². The smallest absolute Gasteiger partial charge is 0.259 e. The Balaban J connectivity index is 2.36. The number of aliphatic hydroxyl groups excluding tert-OH is 1. The maximum absolute atomic E-state index is 12.5. The lowest BCUT2D eigenvalue weighted by atomic mass is 10.0. The van der Waals surface area contributed by atoms with Gasteiger partial charge in [-0.05, 0) is 24.8 Å². The van der Waals surface area contributed by atoms with Crippen LogP contribution in [0.2, 0.25) is 0 Å². The summed E-state index contributed by atoms with van der Waals surface area (Å²) in [6.45, 7) is 9.80. The molecule has 6 heteroatoms. The zero-order chi connectivity index (χ0) is 16.4. The van der Waals surface area contributed by atoms with Gasteiger partial charge in [-0.3, -0.25) is 4.79 Å². The van der Waals surface area contributed by atoms with E-state index >= 15 is 0 Å². The first-order valence-electron chi connectivity index (χ1n) is 7.54. The maximum atomic E-state index is 12.5. The van der Waals surface area contributed by atoms with E-state index in [0.29, 0.717) is 22.4 Å². The van der Waals surface area contributed by atoms with Crippen LogP contribution in [0.5, 0.6) is 0 Å². The first kappa shape index (κ1) is 16.4. The van der Waals surface area contributed by atoms with Crippen molar-refractivity contribution in [2.24, 2.45) is 5.92 Å². The van der Waals surface area contributed by atoms with Crippen molar-refractivity contribution in [2.75, 3.05) is 6.54 Å². The number of aliphatic hydroxyl groups is 1. The van der Waals surface area contributed by atoms with Crippen molar-refractivity contribution in [3.8, 4) is 0 Å². The number of nitrogens with one attached hydrogen (secondary N) is 1. The molecule has 0 saturated carbocycles. The molecule has 0 aliphatic heterocycles. The minimum atomic E-state index is -0.575. The number of aromatic nitrogens is 2. The lowest BCUT2D eigenvalue weighted by molar-refractivity contribution is 0.0873. The van der Waals surface area contributed by atoms with Crippen LogP contribution < -0.4 is 5.32 Å². The van der Waals surface area contributed by atoms with E-state index in [1.54, 1.807) is 13.0 Å². The second kappa shape index (κ2) is 6.44. The van der Waals surface area contributed by atoms with Crippen LogP contribution >= 0.6 is 0 Å². The number of hydrogen-bond acceptors (Lipinski definition) is 5. The van der Waals surface area contributed by atoms with E-state index in [9.17, 15) is 9.90 Å². The fraction of sp³-hybridized carbons (Fsp3) is 0.562. The number of pyridine rings is 1. The molecule has 0 radical (unpaired) electrons. The quantitative estimate of drug-likeness (QED) is 0.885. The summed E-state index contributed by atoms with van der Waals surface area (Å²) < 4.78 is 5.20. The van der Waals surface area contributed by atoms with E-state index in [0.717, 1.165) is 5.69 Å². The number of aryl methyl sites for hydroxylation is 1. The second-order valence-corrected chi connectivity index (χ2v) is 6.22. The largest absolute Gasteiger partial charge is 0.391 e. The van der Waals surface area contributed by atoms with Crippen molar-refractivity contribution in [3.63, 3.8) is 0 Å². The molecular weight excluding hydrogens is 282 g/mol. The molecule has 6 nitrogen and oxygen atoms in total. The summed E-state index contributed by atoms with van der Waals surface area (Å²) in [5.41, 5.74) is 2.27. The lowest BCUT2D eigenvalue weighted by Crippen LogP contribution is -2.34. The molecule has 0 aromatic carbocycles. The van der Waals surface area contributed by atoms with Gasteiger partial charge in [0.25, 0.3) is 11.6 Å². The molecule has 120 valence electrons. The van der Waals surface area contributed by atoms with E-state index in [1.165, 1.54) is 0 Å². The molecule has 0 aliphatic rings. The zero-order valence-corrected chi connectivity index (χ0v) is 13.7. The van der Waals surface area contributed by atoms with Crippen molar-refractivity contribution in [1.29, 1.82) is 0 Å². The predicted molar refractivity (Wildman–Crippen MR) is 83.8 cm³/mol. The highest BCUT2D eigenvalue weighted by molar-refractivity contribution is 6.06. The van der Waals surface area contributed by atoms with E-state index in [4.69, 9.17) is 4.52 Å². The number of carbonyl (C=O) groups excluding carboxylic acids is 1. The standard InChI is InChI=1S/C16H23N3O3/c1-8(2)12-6-11(14-10(5)19-22-16(14)18-12)15(21)17-7-13(20)9(3)4/h6,8-9,13,20H,7H2,1-5H3,(H,17,21). The molecule has 2 N–H and O–H groups in total. The van der Waals surface area contributed by atoms with Gasteiger partial charge in [-0.15, -0.1) is 0 Å². The van der Waals surface area contributed by atoms with Gasteiger partial charge >= 0.3 is 0 Å². The number of rotatable bonds is 5. The molecule has 0 bridgehead atoms. The van der Waals surface area contributed by atoms with E-state index in [2.05, 4.69) is 15.5 Å². The molecule has 0 fully saturated rings. The average molecular weight is 305 g/mol. The Bertz CT molecular complexity index is 677. The summed E-state index contributed by atoms with van der Waals surface area (Å²) in [6.07, 6.45) is -0.575. The lowest BCUT2D eigenvalue weighted by Gasteiger charge is -2.15. The molecule has 1 unspecified atom stereocenters. The van der Waals surface area contributed by atoms with Gasteiger partial charge in [0, 0.05) is 12.2 Å². The van der Waals surface area contributed by atoms with Crippen LogP contribution in [0.4, 0.5) is 0 Å². The number of nitrogens with zero attached hydrogens (tertiary/aromatic N) is 2.